The first-order chi connectivity index (χ1) is 8.87. The molecule has 0 unspecified atom stereocenters. The monoisotopic (exact) mass is 285 g/mol. The summed E-state index contributed by atoms with van der Waals surface area (Å²) < 4.78 is 13.2. The number of rotatable bonds is 6. The molecule has 0 aliphatic rings. The molecule has 0 atom stereocenters. The Morgan fingerprint density at radius 1 is 1.32 bits per heavy atom. The normalized spacial score (nSPS) is 11.9. The number of nitrogens with zero attached hydrogens (tertiary/aromatic N) is 1. The van der Waals surface area contributed by atoms with E-state index < -0.39 is 5.54 Å². The van der Waals surface area contributed by atoms with Gasteiger partial charge in [-0.15, -0.1) is 0 Å². The standard InChI is InChI=1S/C15H21ClFNO/c1-5-15(6-2,18(3)4)14(19)10-11-9-12(17)7-8-13(11)16/h7-9H,5-6,10H2,1-4H3. The second-order valence-corrected chi connectivity index (χ2v) is 5.38. The van der Waals surface area contributed by atoms with Gasteiger partial charge in [-0.2, -0.15) is 0 Å². The Labute approximate surface area is 119 Å². The predicted octanol–water partition coefficient (Wildman–Crippen LogP) is 3.71. The minimum absolute atomic E-state index is 0.0787. The smallest absolute Gasteiger partial charge is 0.157 e. The number of likely N-dealkylation sites (N-methyl/N-ethyl adjacent to an activating group) is 1. The molecule has 0 aliphatic heterocycles. The molecule has 0 bridgehead atoms. The van der Waals surface area contributed by atoms with Crippen LogP contribution in [0.15, 0.2) is 18.2 Å². The van der Waals surface area contributed by atoms with Crippen LogP contribution in [0.3, 0.4) is 0 Å². The number of benzene rings is 1. The zero-order chi connectivity index (χ0) is 14.6. The molecule has 0 N–H and O–H groups in total. The van der Waals surface area contributed by atoms with Crippen molar-refractivity contribution in [3.8, 4) is 0 Å². The number of carbonyl (C=O) groups excluding carboxylic acids is 1. The summed E-state index contributed by atoms with van der Waals surface area (Å²) in [6, 6.07) is 4.13. The van der Waals surface area contributed by atoms with E-state index in [0.29, 0.717) is 10.6 Å². The number of hydrogen-bond acceptors (Lipinski definition) is 2. The van der Waals surface area contributed by atoms with Crippen molar-refractivity contribution in [1.29, 1.82) is 0 Å². The molecule has 2 nitrogen and oxygen atoms in total. The maximum Gasteiger partial charge on any atom is 0.157 e. The Morgan fingerprint density at radius 3 is 2.37 bits per heavy atom. The fourth-order valence-electron chi connectivity index (χ4n) is 2.54. The average molecular weight is 286 g/mol. The molecule has 0 aliphatic carbocycles. The van der Waals surface area contributed by atoms with E-state index in [0.717, 1.165) is 12.8 Å². The van der Waals surface area contributed by atoms with Crippen LogP contribution < -0.4 is 0 Å². The Hall–Kier alpha value is -0.930. The molecule has 0 fully saturated rings. The summed E-state index contributed by atoms with van der Waals surface area (Å²) in [7, 11) is 3.80. The summed E-state index contributed by atoms with van der Waals surface area (Å²) in [6.45, 7) is 3.99. The SMILES string of the molecule is CCC(CC)(C(=O)Cc1cc(F)ccc1Cl)N(C)C. The minimum Gasteiger partial charge on any atom is -0.297 e. The number of hydrogen-bond donors (Lipinski definition) is 0. The van der Waals surface area contributed by atoms with Crippen molar-refractivity contribution in [3.05, 3.63) is 34.6 Å². The summed E-state index contributed by atoms with van der Waals surface area (Å²) in [5, 5.41) is 0.439. The number of Topliss-reactive ketones (excluding diaryl/α,β-unsaturated/α-hetero) is 1. The highest BCUT2D eigenvalue weighted by Gasteiger charge is 2.36. The zero-order valence-electron chi connectivity index (χ0n) is 12.0. The van der Waals surface area contributed by atoms with Gasteiger partial charge in [-0.1, -0.05) is 25.4 Å². The third-order valence-electron chi connectivity index (χ3n) is 3.90. The van der Waals surface area contributed by atoms with E-state index in [1.165, 1.54) is 18.2 Å². The highest BCUT2D eigenvalue weighted by Crippen LogP contribution is 2.26. The number of halogens is 2. The molecule has 4 heteroatoms. The second kappa shape index (κ2) is 6.49. The van der Waals surface area contributed by atoms with Crippen molar-refractivity contribution < 1.29 is 9.18 Å². The van der Waals surface area contributed by atoms with E-state index >= 15 is 0 Å². The van der Waals surface area contributed by atoms with Crippen molar-refractivity contribution in [1.82, 2.24) is 4.90 Å². The van der Waals surface area contributed by atoms with Crippen LogP contribution in [0.5, 0.6) is 0 Å². The van der Waals surface area contributed by atoms with Gasteiger partial charge in [-0.25, -0.2) is 4.39 Å². The lowest BCUT2D eigenvalue weighted by Crippen LogP contribution is -2.51. The van der Waals surface area contributed by atoms with E-state index in [9.17, 15) is 9.18 Å². The van der Waals surface area contributed by atoms with Crippen LogP contribution in [-0.4, -0.2) is 30.3 Å². The van der Waals surface area contributed by atoms with E-state index in [1.54, 1.807) is 0 Å². The molecule has 19 heavy (non-hydrogen) atoms. The molecule has 1 aromatic carbocycles. The first kappa shape index (κ1) is 16.1. The fraction of sp³-hybridized carbons (Fsp3) is 0.533. The summed E-state index contributed by atoms with van der Waals surface area (Å²) >= 11 is 6.02. The molecule has 0 amide bonds. The summed E-state index contributed by atoms with van der Waals surface area (Å²) in [4.78, 5) is 14.5. The van der Waals surface area contributed by atoms with Crippen LogP contribution in [-0.2, 0) is 11.2 Å². The van der Waals surface area contributed by atoms with E-state index in [-0.39, 0.29) is 18.0 Å². The molecule has 0 spiro atoms. The van der Waals surface area contributed by atoms with E-state index in [1.807, 2.05) is 32.8 Å². The van der Waals surface area contributed by atoms with Gasteiger partial charge in [0.05, 0.1) is 5.54 Å². The van der Waals surface area contributed by atoms with E-state index in [4.69, 9.17) is 11.6 Å². The van der Waals surface area contributed by atoms with Crippen LogP contribution in [0.25, 0.3) is 0 Å². The largest absolute Gasteiger partial charge is 0.297 e. The van der Waals surface area contributed by atoms with Crippen molar-refractivity contribution in [2.45, 2.75) is 38.6 Å². The molecular formula is C15H21ClFNO. The van der Waals surface area contributed by atoms with Gasteiger partial charge in [0, 0.05) is 11.4 Å². The fourth-order valence-corrected chi connectivity index (χ4v) is 2.73. The Bertz CT molecular complexity index is 455. The third-order valence-corrected chi connectivity index (χ3v) is 4.27. The van der Waals surface area contributed by atoms with Crippen molar-refractivity contribution in [3.63, 3.8) is 0 Å². The van der Waals surface area contributed by atoms with Crippen LogP contribution in [0.4, 0.5) is 4.39 Å². The number of ketones is 1. The van der Waals surface area contributed by atoms with Gasteiger partial charge in [0.15, 0.2) is 5.78 Å². The van der Waals surface area contributed by atoms with Crippen molar-refractivity contribution in [2.24, 2.45) is 0 Å². The summed E-state index contributed by atoms with van der Waals surface area (Å²) in [6.07, 6.45) is 1.61. The van der Waals surface area contributed by atoms with Gasteiger partial charge in [-0.05, 0) is 50.7 Å². The first-order valence-corrected chi connectivity index (χ1v) is 6.89. The van der Waals surface area contributed by atoms with Gasteiger partial charge in [-0.3, -0.25) is 9.69 Å². The Balaban J connectivity index is 3.03. The van der Waals surface area contributed by atoms with Gasteiger partial charge in [0.25, 0.3) is 0 Å². The van der Waals surface area contributed by atoms with Crippen molar-refractivity contribution in [2.75, 3.05) is 14.1 Å². The highest BCUT2D eigenvalue weighted by molar-refractivity contribution is 6.31. The van der Waals surface area contributed by atoms with Gasteiger partial charge in [0.2, 0.25) is 0 Å². The van der Waals surface area contributed by atoms with Crippen LogP contribution in [0, 0.1) is 5.82 Å². The Kier molecular flexibility index (Phi) is 5.50. The lowest BCUT2D eigenvalue weighted by Gasteiger charge is -2.37. The Morgan fingerprint density at radius 2 is 1.89 bits per heavy atom. The van der Waals surface area contributed by atoms with Gasteiger partial charge < -0.3 is 0 Å². The lowest BCUT2D eigenvalue weighted by molar-refractivity contribution is -0.129. The van der Waals surface area contributed by atoms with Crippen LogP contribution >= 0.6 is 11.6 Å². The molecule has 0 saturated heterocycles. The van der Waals surface area contributed by atoms with Crippen molar-refractivity contribution >= 4 is 17.4 Å². The molecule has 0 saturated carbocycles. The second-order valence-electron chi connectivity index (χ2n) is 4.97. The first-order valence-electron chi connectivity index (χ1n) is 6.52. The quantitative estimate of drug-likeness (QED) is 0.794. The number of carbonyl (C=O) groups is 1. The topological polar surface area (TPSA) is 20.3 Å². The zero-order valence-corrected chi connectivity index (χ0v) is 12.7. The van der Waals surface area contributed by atoms with Crippen LogP contribution in [0.2, 0.25) is 5.02 Å². The van der Waals surface area contributed by atoms with E-state index in [2.05, 4.69) is 0 Å². The summed E-state index contributed by atoms with van der Waals surface area (Å²) in [5.74, 6) is -0.286. The molecule has 106 valence electrons. The molecule has 0 heterocycles. The lowest BCUT2D eigenvalue weighted by atomic mass is 9.83. The predicted molar refractivity (Wildman–Crippen MR) is 77.1 cm³/mol. The van der Waals surface area contributed by atoms with Gasteiger partial charge >= 0.3 is 0 Å². The molecule has 0 aromatic heterocycles. The molecule has 0 radical (unpaired) electrons. The van der Waals surface area contributed by atoms with Gasteiger partial charge in [0.1, 0.15) is 5.82 Å². The molecular weight excluding hydrogens is 265 g/mol. The molecule has 1 aromatic rings. The highest BCUT2D eigenvalue weighted by atomic mass is 35.5. The maximum atomic E-state index is 13.2. The summed E-state index contributed by atoms with van der Waals surface area (Å²) in [5.41, 5.74) is 0.0510. The third kappa shape index (κ3) is 3.34. The minimum atomic E-state index is -0.504. The van der Waals surface area contributed by atoms with Crippen LogP contribution in [0.1, 0.15) is 32.3 Å². The average Bonchev–Trinajstić information content (AvgIpc) is 2.35. The molecule has 1 rings (SSSR count). The maximum absolute atomic E-state index is 13.2.